The molecule has 0 aliphatic heterocycles. The lowest BCUT2D eigenvalue weighted by Crippen LogP contribution is -1.87. The molecule has 0 bridgehead atoms. The number of aromatic nitrogens is 2. The van der Waals surface area contributed by atoms with E-state index in [1.54, 1.807) is 18.2 Å². The molecule has 0 saturated heterocycles. The summed E-state index contributed by atoms with van der Waals surface area (Å²) in [7, 11) is 0. The standard InChI is InChI=1S/C9H5Cl2N3O2/c10-6-2-1-5(3-7(6)11)9-12-4-8(13-9)14(15)16/h1-4H,(H,12,13). The van der Waals surface area contributed by atoms with Crippen LogP contribution in [0, 0.1) is 10.1 Å². The molecular formula is C9H5Cl2N3O2. The zero-order valence-electron chi connectivity index (χ0n) is 7.78. The Morgan fingerprint density at radius 1 is 1.31 bits per heavy atom. The highest BCUT2D eigenvalue weighted by atomic mass is 35.5. The highest BCUT2D eigenvalue weighted by molar-refractivity contribution is 6.42. The molecule has 82 valence electrons. The van der Waals surface area contributed by atoms with Gasteiger partial charge in [-0.1, -0.05) is 23.2 Å². The third-order valence-electron chi connectivity index (χ3n) is 1.95. The summed E-state index contributed by atoms with van der Waals surface area (Å²) in [5, 5.41) is 11.2. The van der Waals surface area contributed by atoms with Crippen LogP contribution in [0.25, 0.3) is 11.4 Å². The largest absolute Gasteiger partial charge is 0.358 e. The van der Waals surface area contributed by atoms with E-state index in [2.05, 4.69) is 9.97 Å². The average molecular weight is 258 g/mol. The Bertz CT molecular complexity index is 553. The highest BCUT2D eigenvalue weighted by Crippen LogP contribution is 2.27. The Morgan fingerprint density at radius 2 is 2.06 bits per heavy atom. The Morgan fingerprint density at radius 3 is 2.62 bits per heavy atom. The van der Waals surface area contributed by atoms with Crippen LogP contribution in [0.2, 0.25) is 10.0 Å². The third kappa shape index (κ3) is 2.00. The Labute approximate surface area is 100 Å². The fraction of sp³-hybridized carbons (Fsp3) is 0. The second-order valence-electron chi connectivity index (χ2n) is 3.00. The number of aromatic amines is 1. The molecule has 2 aromatic rings. The van der Waals surface area contributed by atoms with Gasteiger partial charge in [0.25, 0.3) is 0 Å². The number of nitrogens with zero attached hydrogens (tertiary/aromatic N) is 2. The second-order valence-corrected chi connectivity index (χ2v) is 3.82. The van der Waals surface area contributed by atoms with Gasteiger partial charge in [-0.3, -0.25) is 0 Å². The van der Waals surface area contributed by atoms with Gasteiger partial charge in [-0.25, -0.2) is 9.97 Å². The molecule has 2 rings (SSSR count). The predicted molar refractivity (Wildman–Crippen MR) is 60.7 cm³/mol. The third-order valence-corrected chi connectivity index (χ3v) is 2.69. The van der Waals surface area contributed by atoms with Gasteiger partial charge in [0.1, 0.15) is 6.20 Å². The Hall–Kier alpha value is -1.59. The van der Waals surface area contributed by atoms with Gasteiger partial charge in [0.15, 0.2) is 0 Å². The molecule has 0 atom stereocenters. The molecule has 0 unspecified atom stereocenters. The van der Waals surface area contributed by atoms with E-state index >= 15 is 0 Å². The molecule has 0 radical (unpaired) electrons. The van der Waals surface area contributed by atoms with Crippen molar-refractivity contribution >= 4 is 29.0 Å². The molecule has 1 N–H and O–H groups in total. The normalized spacial score (nSPS) is 10.4. The van der Waals surface area contributed by atoms with E-state index in [1.807, 2.05) is 0 Å². The summed E-state index contributed by atoms with van der Waals surface area (Å²) in [6.45, 7) is 0. The first-order valence-electron chi connectivity index (χ1n) is 4.23. The summed E-state index contributed by atoms with van der Waals surface area (Å²) in [5.74, 6) is 0.214. The topological polar surface area (TPSA) is 71.8 Å². The van der Waals surface area contributed by atoms with Crippen LogP contribution in [0.5, 0.6) is 0 Å². The minimum atomic E-state index is -0.548. The lowest BCUT2D eigenvalue weighted by molar-refractivity contribution is -0.389. The number of nitrogens with one attached hydrogen (secondary N) is 1. The van der Waals surface area contributed by atoms with Crippen molar-refractivity contribution in [1.29, 1.82) is 0 Å². The number of benzene rings is 1. The first-order valence-corrected chi connectivity index (χ1v) is 4.98. The molecule has 7 heteroatoms. The van der Waals surface area contributed by atoms with Crippen molar-refractivity contribution in [2.45, 2.75) is 0 Å². The van der Waals surface area contributed by atoms with Crippen molar-refractivity contribution < 1.29 is 4.92 Å². The van der Waals surface area contributed by atoms with E-state index in [9.17, 15) is 10.1 Å². The number of hydrogen-bond donors (Lipinski definition) is 1. The summed E-state index contributed by atoms with van der Waals surface area (Å²) in [5.41, 5.74) is 0.641. The van der Waals surface area contributed by atoms with E-state index in [1.165, 1.54) is 0 Å². The van der Waals surface area contributed by atoms with E-state index in [-0.39, 0.29) is 5.82 Å². The molecule has 0 amide bonds. The van der Waals surface area contributed by atoms with Gasteiger partial charge < -0.3 is 10.1 Å². The zero-order valence-corrected chi connectivity index (χ0v) is 9.29. The van der Waals surface area contributed by atoms with Crippen LogP contribution < -0.4 is 0 Å². The van der Waals surface area contributed by atoms with Crippen molar-refractivity contribution in [2.75, 3.05) is 0 Å². The number of imidazole rings is 1. The Balaban J connectivity index is 2.42. The molecule has 0 spiro atoms. The Kier molecular flexibility index (Phi) is 2.80. The summed E-state index contributed by atoms with van der Waals surface area (Å²) in [6, 6.07) is 4.87. The van der Waals surface area contributed by atoms with Gasteiger partial charge in [0, 0.05) is 5.56 Å². The fourth-order valence-electron chi connectivity index (χ4n) is 1.19. The summed E-state index contributed by atoms with van der Waals surface area (Å²) >= 11 is 11.6. The predicted octanol–water partition coefficient (Wildman–Crippen LogP) is 3.29. The second kappa shape index (κ2) is 4.11. The molecule has 1 aromatic heterocycles. The SMILES string of the molecule is O=[N+]([O-])c1cnc(-c2ccc(Cl)c(Cl)c2)[nH]1. The summed E-state index contributed by atoms with van der Waals surface area (Å²) in [4.78, 5) is 16.3. The maximum atomic E-state index is 10.5. The zero-order chi connectivity index (χ0) is 11.7. The summed E-state index contributed by atoms with van der Waals surface area (Å²) < 4.78 is 0. The van der Waals surface area contributed by atoms with Crippen LogP contribution in [0.1, 0.15) is 0 Å². The molecule has 5 nitrogen and oxygen atoms in total. The van der Waals surface area contributed by atoms with Crippen molar-refractivity contribution in [3.63, 3.8) is 0 Å². The van der Waals surface area contributed by atoms with Gasteiger partial charge in [0.05, 0.1) is 10.0 Å². The molecule has 0 aliphatic carbocycles. The van der Waals surface area contributed by atoms with Crippen LogP contribution in [0.4, 0.5) is 5.82 Å². The average Bonchev–Trinajstić information content (AvgIpc) is 2.71. The first kappa shape index (κ1) is 10.9. The van der Waals surface area contributed by atoms with Crippen molar-refractivity contribution in [3.8, 4) is 11.4 Å². The molecule has 1 heterocycles. The van der Waals surface area contributed by atoms with Crippen LogP contribution in [0.15, 0.2) is 24.4 Å². The number of halogens is 2. The molecule has 16 heavy (non-hydrogen) atoms. The number of rotatable bonds is 2. The van der Waals surface area contributed by atoms with Gasteiger partial charge in [0.2, 0.25) is 5.82 Å². The maximum Gasteiger partial charge on any atom is 0.340 e. The number of hydrogen-bond acceptors (Lipinski definition) is 3. The number of H-pyrrole nitrogens is 1. The highest BCUT2D eigenvalue weighted by Gasteiger charge is 2.12. The minimum Gasteiger partial charge on any atom is -0.358 e. The van der Waals surface area contributed by atoms with Gasteiger partial charge in [-0.15, -0.1) is 0 Å². The molecular weight excluding hydrogens is 253 g/mol. The summed E-state index contributed by atoms with van der Waals surface area (Å²) in [6.07, 6.45) is 1.15. The van der Waals surface area contributed by atoms with Crippen molar-refractivity contribution in [3.05, 3.63) is 44.6 Å². The fourth-order valence-corrected chi connectivity index (χ4v) is 1.49. The van der Waals surface area contributed by atoms with Gasteiger partial charge in [-0.05, 0) is 23.1 Å². The lowest BCUT2D eigenvalue weighted by Gasteiger charge is -1.97. The van der Waals surface area contributed by atoms with E-state index in [0.29, 0.717) is 21.4 Å². The maximum absolute atomic E-state index is 10.5. The molecule has 0 fully saturated rings. The van der Waals surface area contributed by atoms with Gasteiger partial charge >= 0.3 is 5.82 Å². The molecule has 1 aromatic carbocycles. The van der Waals surface area contributed by atoms with E-state index in [0.717, 1.165) is 6.20 Å². The van der Waals surface area contributed by atoms with Crippen LogP contribution in [0.3, 0.4) is 0 Å². The van der Waals surface area contributed by atoms with Crippen LogP contribution in [-0.4, -0.2) is 14.9 Å². The molecule has 0 aliphatic rings. The van der Waals surface area contributed by atoms with E-state index in [4.69, 9.17) is 23.2 Å². The van der Waals surface area contributed by atoms with Gasteiger partial charge in [-0.2, -0.15) is 0 Å². The van der Waals surface area contributed by atoms with Crippen LogP contribution >= 0.6 is 23.2 Å². The van der Waals surface area contributed by atoms with Crippen molar-refractivity contribution in [2.24, 2.45) is 0 Å². The monoisotopic (exact) mass is 257 g/mol. The molecule has 0 saturated carbocycles. The smallest absolute Gasteiger partial charge is 0.340 e. The van der Waals surface area contributed by atoms with Crippen LogP contribution in [-0.2, 0) is 0 Å². The lowest BCUT2D eigenvalue weighted by atomic mass is 10.2. The minimum absolute atomic E-state index is 0.166. The van der Waals surface area contributed by atoms with Crippen molar-refractivity contribution in [1.82, 2.24) is 9.97 Å². The van der Waals surface area contributed by atoms with E-state index < -0.39 is 4.92 Å². The quantitative estimate of drug-likeness (QED) is 0.663. The first-order chi connectivity index (χ1) is 7.58. The number of nitro groups is 1.